The summed E-state index contributed by atoms with van der Waals surface area (Å²) in [6.07, 6.45) is 3.13. The zero-order chi connectivity index (χ0) is 34.1. The maximum absolute atomic E-state index is 12.9. The fourth-order valence-corrected chi connectivity index (χ4v) is 6.43. The smallest absolute Gasteiger partial charge is 0.339 e. The van der Waals surface area contributed by atoms with Crippen LogP contribution in [0.2, 0.25) is 0 Å². The molecule has 2 N–H and O–H groups in total. The highest BCUT2D eigenvalue weighted by atomic mass is 32.2. The minimum Gasteiger partial charge on any atom is -0.496 e. The second kappa shape index (κ2) is 16.3. The summed E-state index contributed by atoms with van der Waals surface area (Å²) in [4.78, 5) is 22.5. The van der Waals surface area contributed by atoms with Gasteiger partial charge < -0.3 is 24.4 Å². The number of rotatable bonds is 13. The maximum atomic E-state index is 12.9. The van der Waals surface area contributed by atoms with Crippen molar-refractivity contribution < 1.29 is 46.8 Å². The number of aromatic carboxylic acids is 2. The van der Waals surface area contributed by atoms with Crippen molar-refractivity contribution in [3.8, 4) is 17.2 Å². The number of methoxy groups -OCH3 is 2. The predicted molar refractivity (Wildman–Crippen MR) is 171 cm³/mol. The molecular weight excluding hydrogens is 603 g/mol. The van der Waals surface area contributed by atoms with Gasteiger partial charge >= 0.3 is 11.9 Å². The number of unbranched alkanes of at least 4 members (excludes halogenated alkanes) is 3. The van der Waals surface area contributed by atoms with E-state index >= 15 is 0 Å². The van der Waals surface area contributed by atoms with Crippen LogP contribution in [0.4, 0.5) is 4.39 Å². The molecule has 9 nitrogen and oxygen atoms in total. The van der Waals surface area contributed by atoms with E-state index in [2.05, 4.69) is 0 Å². The van der Waals surface area contributed by atoms with Crippen LogP contribution in [0.3, 0.4) is 0 Å². The van der Waals surface area contributed by atoms with E-state index in [4.69, 9.17) is 24.4 Å². The molecule has 0 aliphatic carbocycles. The summed E-state index contributed by atoms with van der Waals surface area (Å²) in [6, 6.07) is 7.00. The molecule has 0 aromatic heterocycles. The molecule has 0 aliphatic heterocycles. The monoisotopic (exact) mass is 646 g/mol. The van der Waals surface area contributed by atoms with Crippen molar-refractivity contribution in [1.29, 1.82) is 0 Å². The highest BCUT2D eigenvalue weighted by Gasteiger charge is 2.25. The van der Waals surface area contributed by atoms with Crippen molar-refractivity contribution in [3.05, 3.63) is 80.7 Å². The number of ether oxygens (including phenoxy) is 3. The first-order chi connectivity index (χ1) is 21.1. The summed E-state index contributed by atoms with van der Waals surface area (Å²) in [7, 11) is -0.366. The van der Waals surface area contributed by atoms with Crippen LogP contribution in [0.1, 0.15) is 79.8 Å². The van der Waals surface area contributed by atoms with E-state index in [1.165, 1.54) is 31.4 Å². The minimum absolute atomic E-state index is 0.0208. The van der Waals surface area contributed by atoms with E-state index in [0.717, 1.165) is 47.5 Å². The number of halogens is 1. The molecule has 0 aliphatic rings. The Morgan fingerprint density at radius 3 is 1.80 bits per heavy atom. The van der Waals surface area contributed by atoms with Crippen LogP contribution in [-0.2, 0) is 9.84 Å². The van der Waals surface area contributed by atoms with E-state index in [-0.39, 0.29) is 27.5 Å². The van der Waals surface area contributed by atoms with Gasteiger partial charge in [0.15, 0.2) is 9.84 Å². The van der Waals surface area contributed by atoms with Crippen LogP contribution in [0.5, 0.6) is 17.2 Å². The molecule has 3 aromatic rings. The van der Waals surface area contributed by atoms with Gasteiger partial charge in [0.1, 0.15) is 28.6 Å². The molecule has 246 valence electrons. The zero-order valence-corrected chi connectivity index (χ0v) is 28.0. The summed E-state index contributed by atoms with van der Waals surface area (Å²) in [5.74, 6) is -0.762. The lowest BCUT2D eigenvalue weighted by atomic mass is 9.92. The third-order valence-electron chi connectivity index (χ3n) is 7.82. The Balaban J connectivity index is 0.000000355. The van der Waals surface area contributed by atoms with E-state index in [1.807, 2.05) is 26.8 Å². The molecule has 3 aromatic carbocycles. The van der Waals surface area contributed by atoms with Crippen molar-refractivity contribution in [2.45, 2.75) is 72.1 Å². The van der Waals surface area contributed by atoms with Gasteiger partial charge in [-0.1, -0.05) is 12.8 Å². The molecule has 45 heavy (non-hydrogen) atoms. The lowest BCUT2D eigenvalue weighted by Crippen LogP contribution is -2.12. The molecule has 0 unspecified atom stereocenters. The Morgan fingerprint density at radius 1 is 0.711 bits per heavy atom. The molecule has 0 heterocycles. The lowest BCUT2D eigenvalue weighted by Gasteiger charge is -2.17. The Labute approximate surface area is 264 Å². The summed E-state index contributed by atoms with van der Waals surface area (Å²) >= 11 is 0. The third-order valence-corrected chi connectivity index (χ3v) is 9.64. The highest BCUT2D eigenvalue weighted by Crippen LogP contribution is 2.34. The average Bonchev–Trinajstić information content (AvgIpc) is 2.97. The van der Waals surface area contributed by atoms with Crippen LogP contribution in [-0.4, -0.2) is 57.1 Å². The van der Waals surface area contributed by atoms with Crippen molar-refractivity contribution in [3.63, 3.8) is 0 Å². The number of carboxylic acids is 2. The van der Waals surface area contributed by atoms with E-state index < -0.39 is 27.6 Å². The molecule has 3 rings (SSSR count). The maximum Gasteiger partial charge on any atom is 0.339 e. The van der Waals surface area contributed by atoms with Crippen molar-refractivity contribution >= 4 is 21.8 Å². The van der Waals surface area contributed by atoms with Crippen molar-refractivity contribution in [2.75, 3.05) is 26.6 Å². The van der Waals surface area contributed by atoms with Crippen LogP contribution < -0.4 is 14.2 Å². The first-order valence-electron chi connectivity index (χ1n) is 14.5. The summed E-state index contributed by atoms with van der Waals surface area (Å²) < 4.78 is 53.8. The summed E-state index contributed by atoms with van der Waals surface area (Å²) in [6.45, 7) is 11.4. The lowest BCUT2D eigenvalue weighted by molar-refractivity contribution is 0.0675. The molecule has 0 bridgehead atoms. The number of carbonyl (C=O) groups is 2. The molecule has 0 spiro atoms. The SMILES string of the molecule is COc1c(C)c(C(=O)O)c(C)c(C)c1C(=O)O.COc1cc(C)c(C)c(OCCCCCCS(=O)(=O)c2ccc(F)cc2)c1C. The number of hydrogen-bond donors (Lipinski definition) is 2. The van der Waals surface area contributed by atoms with Gasteiger partial charge in [-0.05, 0) is 107 Å². The molecule has 0 saturated heterocycles. The number of sulfone groups is 1. The van der Waals surface area contributed by atoms with Crippen LogP contribution in [0.25, 0.3) is 0 Å². The minimum atomic E-state index is -3.35. The Morgan fingerprint density at radius 2 is 1.27 bits per heavy atom. The Bertz CT molecular complexity index is 1630. The number of hydrogen-bond acceptors (Lipinski definition) is 7. The number of aryl methyl sites for hydroxylation is 1. The van der Waals surface area contributed by atoms with Crippen LogP contribution in [0.15, 0.2) is 35.2 Å². The Kier molecular flexibility index (Phi) is 13.4. The quantitative estimate of drug-likeness (QED) is 0.146. The fraction of sp³-hybridized carbons (Fsp3) is 0.412. The largest absolute Gasteiger partial charge is 0.496 e. The molecule has 0 saturated carbocycles. The molecule has 0 amide bonds. The first kappa shape index (κ1) is 37.1. The molecular formula is C34H43FO9S. The van der Waals surface area contributed by atoms with Gasteiger partial charge in [-0.25, -0.2) is 22.4 Å². The molecule has 0 radical (unpaired) electrons. The zero-order valence-electron chi connectivity index (χ0n) is 27.2. The molecule has 11 heteroatoms. The van der Waals surface area contributed by atoms with Gasteiger partial charge in [-0.2, -0.15) is 0 Å². The first-order valence-corrected chi connectivity index (χ1v) is 16.1. The summed E-state index contributed by atoms with van der Waals surface area (Å²) in [5, 5.41) is 18.2. The standard InChI is InChI=1S/C22H29FO4S.C12H14O5/c1-16-15-21(26-4)18(3)22(17(16)2)27-13-7-5-6-8-14-28(24,25)20-11-9-19(23)10-12-20;1-5-6(2)9(12(15)16)10(17-4)7(3)8(5)11(13)14/h9-12,15H,5-8,13-14H2,1-4H3;1-4H3,(H,13,14)(H,15,16). The van der Waals surface area contributed by atoms with Gasteiger partial charge in [0.25, 0.3) is 0 Å². The van der Waals surface area contributed by atoms with Gasteiger partial charge in [0.05, 0.1) is 37.0 Å². The number of carboxylic acid groups (broad SMARTS) is 2. The summed E-state index contributed by atoms with van der Waals surface area (Å²) in [5.41, 5.74) is 4.56. The third kappa shape index (κ3) is 9.20. The predicted octanol–water partition coefficient (Wildman–Crippen LogP) is 7.19. The second-order valence-electron chi connectivity index (χ2n) is 10.8. The van der Waals surface area contributed by atoms with Crippen LogP contribution in [0, 0.1) is 47.4 Å². The normalized spacial score (nSPS) is 11.0. The molecule has 0 fully saturated rings. The van der Waals surface area contributed by atoms with Crippen LogP contribution >= 0.6 is 0 Å². The van der Waals surface area contributed by atoms with Gasteiger partial charge in [-0.3, -0.25) is 0 Å². The topological polar surface area (TPSA) is 136 Å². The molecule has 0 atom stereocenters. The van der Waals surface area contributed by atoms with Gasteiger partial charge in [0, 0.05) is 11.1 Å². The second-order valence-corrected chi connectivity index (χ2v) is 12.9. The van der Waals surface area contributed by atoms with E-state index in [0.29, 0.717) is 29.7 Å². The van der Waals surface area contributed by atoms with E-state index in [1.54, 1.807) is 27.9 Å². The fourth-order valence-electron chi connectivity index (χ4n) is 5.06. The average molecular weight is 647 g/mol. The van der Waals surface area contributed by atoms with Gasteiger partial charge in [-0.15, -0.1) is 0 Å². The number of benzene rings is 3. The van der Waals surface area contributed by atoms with E-state index in [9.17, 15) is 22.4 Å². The van der Waals surface area contributed by atoms with Crippen molar-refractivity contribution in [2.24, 2.45) is 0 Å². The highest BCUT2D eigenvalue weighted by molar-refractivity contribution is 7.91. The van der Waals surface area contributed by atoms with Gasteiger partial charge in [0.2, 0.25) is 0 Å². The Hall–Kier alpha value is -4.12. The van der Waals surface area contributed by atoms with Crippen molar-refractivity contribution in [1.82, 2.24) is 0 Å².